The van der Waals surface area contributed by atoms with Crippen LogP contribution in [0, 0.1) is 0 Å². The molecule has 0 saturated heterocycles. The lowest BCUT2D eigenvalue weighted by molar-refractivity contribution is -0.145. The smallest absolute Gasteiger partial charge is 0.383 e. The van der Waals surface area contributed by atoms with Crippen LogP contribution in [-0.2, 0) is 14.9 Å². The fourth-order valence-electron chi connectivity index (χ4n) is 2.46. The van der Waals surface area contributed by atoms with Crippen LogP contribution >= 0.6 is 35.0 Å². The lowest BCUT2D eigenvalue weighted by Gasteiger charge is -2.17. The molecule has 6 nitrogen and oxygen atoms in total. The van der Waals surface area contributed by atoms with Gasteiger partial charge in [-0.3, -0.25) is 4.79 Å². The molecular weight excluding hydrogens is 449 g/mol. The third-order valence-electron chi connectivity index (χ3n) is 3.78. The van der Waals surface area contributed by atoms with Gasteiger partial charge in [-0.1, -0.05) is 28.9 Å². The van der Waals surface area contributed by atoms with Gasteiger partial charge in [-0.25, -0.2) is 4.79 Å². The van der Waals surface area contributed by atoms with E-state index in [0.29, 0.717) is 16.3 Å². The Bertz CT molecular complexity index is 857. The van der Waals surface area contributed by atoms with Crippen molar-refractivity contribution in [3.8, 4) is 11.3 Å². The number of benzene rings is 1. The highest BCUT2D eigenvalue weighted by atomic mass is 35.5. The molecule has 2 rings (SSSR count). The number of thioether (sulfide) groups is 1. The summed E-state index contributed by atoms with van der Waals surface area (Å²) >= 11 is 12.4. The van der Waals surface area contributed by atoms with Crippen molar-refractivity contribution in [2.45, 2.75) is 24.8 Å². The predicted octanol–water partition coefficient (Wildman–Crippen LogP) is 4.70. The van der Waals surface area contributed by atoms with Crippen LogP contribution in [0.5, 0.6) is 0 Å². The number of rotatable bonds is 9. The first-order chi connectivity index (χ1) is 13.7. The van der Waals surface area contributed by atoms with Crippen LogP contribution in [0.1, 0.15) is 29.5 Å². The molecule has 0 aliphatic heterocycles. The van der Waals surface area contributed by atoms with E-state index >= 15 is 0 Å². The van der Waals surface area contributed by atoms with Gasteiger partial charge in [-0.15, -0.1) is 0 Å². The zero-order valence-corrected chi connectivity index (χ0v) is 17.8. The van der Waals surface area contributed by atoms with Crippen LogP contribution < -0.4 is 5.32 Å². The van der Waals surface area contributed by atoms with Crippen molar-refractivity contribution in [1.29, 1.82) is 0 Å². The minimum absolute atomic E-state index is 0.110. The average molecular weight is 467 g/mol. The summed E-state index contributed by atoms with van der Waals surface area (Å²) in [5.74, 6) is -2.23. The number of nitrogens with zero attached hydrogens (tertiary/aromatic N) is 1. The molecule has 0 aliphatic rings. The maximum absolute atomic E-state index is 13.8. The first-order valence-electron chi connectivity index (χ1n) is 8.48. The first kappa shape index (κ1) is 23.4. The fourth-order valence-corrected chi connectivity index (χ4v) is 3.18. The molecule has 0 aliphatic carbocycles. The molecule has 0 radical (unpaired) electrons. The SMILES string of the molecule is CCOC(=O)[C@H](CCSC)NC(=O)c1c(-c2ccc(Cl)cc2)noc1C(F)(F)Cl. The lowest BCUT2D eigenvalue weighted by Crippen LogP contribution is -2.42. The number of aromatic nitrogens is 1. The van der Waals surface area contributed by atoms with Crippen LogP contribution in [0.4, 0.5) is 8.78 Å². The highest BCUT2D eigenvalue weighted by Crippen LogP contribution is 2.38. The Morgan fingerprint density at radius 2 is 2.00 bits per heavy atom. The monoisotopic (exact) mass is 466 g/mol. The quantitative estimate of drug-likeness (QED) is 0.426. The third-order valence-corrected chi connectivity index (χ3v) is 4.85. The molecular formula is C18H18Cl2F2N2O4S. The van der Waals surface area contributed by atoms with Crippen LogP contribution in [-0.4, -0.2) is 41.7 Å². The summed E-state index contributed by atoms with van der Waals surface area (Å²) in [6.07, 6.45) is 2.08. The molecule has 2 aromatic rings. The van der Waals surface area contributed by atoms with Gasteiger partial charge in [-0.05, 0) is 49.1 Å². The van der Waals surface area contributed by atoms with E-state index in [9.17, 15) is 18.4 Å². The largest absolute Gasteiger partial charge is 0.464 e. The molecule has 1 amide bonds. The summed E-state index contributed by atoms with van der Waals surface area (Å²) < 4.78 is 37.3. The van der Waals surface area contributed by atoms with Gasteiger partial charge in [-0.2, -0.15) is 20.5 Å². The van der Waals surface area contributed by atoms with Gasteiger partial charge >= 0.3 is 11.4 Å². The van der Waals surface area contributed by atoms with E-state index < -0.39 is 34.6 Å². The number of halogens is 4. The Kier molecular flexibility index (Phi) is 8.30. The van der Waals surface area contributed by atoms with Crippen LogP contribution in [0.15, 0.2) is 28.8 Å². The summed E-state index contributed by atoms with van der Waals surface area (Å²) in [4.78, 5) is 25.0. The maximum atomic E-state index is 13.8. The molecule has 1 N–H and O–H groups in total. The van der Waals surface area contributed by atoms with Gasteiger partial charge in [0.2, 0.25) is 5.76 Å². The number of alkyl halides is 3. The van der Waals surface area contributed by atoms with Crippen molar-refractivity contribution in [2.75, 3.05) is 18.6 Å². The number of ether oxygens (including phenoxy) is 1. The van der Waals surface area contributed by atoms with Crippen molar-refractivity contribution >= 4 is 46.8 Å². The van der Waals surface area contributed by atoms with E-state index in [1.807, 2.05) is 6.26 Å². The van der Waals surface area contributed by atoms with Crippen molar-refractivity contribution in [2.24, 2.45) is 0 Å². The van der Waals surface area contributed by atoms with E-state index in [-0.39, 0.29) is 18.7 Å². The normalized spacial score (nSPS) is 12.5. The zero-order valence-electron chi connectivity index (χ0n) is 15.5. The molecule has 29 heavy (non-hydrogen) atoms. The van der Waals surface area contributed by atoms with E-state index in [4.69, 9.17) is 32.5 Å². The molecule has 0 saturated carbocycles. The molecule has 0 fully saturated rings. The topological polar surface area (TPSA) is 81.4 Å². The van der Waals surface area contributed by atoms with E-state index in [2.05, 4.69) is 10.5 Å². The van der Waals surface area contributed by atoms with Crippen LogP contribution in [0.25, 0.3) is 11.3 Å². The highest BCUT2D eigenvalue weighted by molar-refractivity contribution is 7.98. The van der Waals surface area contributed by atoms with E-state index in [0.717, 1.165) is 0 Å². The number of hydrogen-bond acceptors (Lipinski definition) is 6. The van der Waals surface area contributed by atoms with Crippen LogP contribution in [0.3, 0.4) is 0 Å². The van der Waals surface area contributed by atoms with E-state index in [1.54, 1.807) is 6.92 Å². The third kappa shape index (κ3) is 6.07. The van der Waals surface area contributed by atoms with Gasteiger partial charge in [0.15, 0.2) is 0 Å². The molecule has 1 atom stereocenters. The Morgan fingerprint density at radius 3 is 2.55 bits per heavy atom. The zero-order chi connectivity index (χ0) is 21.6. The van der Waals surface area contributed by atoms with Crippen molar-refractivity contribution in [3.63, 3.8) is 0 Å². The first-order valence-corrected chi connectivity index (χ1v) is 10.6. The number of carbonyl (C=O) groups excluding carboxylic acids is 2. The number of hydrogen-bond donors (Lipinski definition) is 1. The van der Waals surface area contributed by atoms with Crippen molar-refractivity contribution in [1.82, 2.24) is 10.5 Å². The molecule has 1 aromatic heterocycles. The Hall–Kier alpha value is -1.84. The second-order valence-electron chi connectivity index (χ2n) is 5.80. The number of amides is 1. The molecule has 158 valence electrons. The lowest BCUT2D eigenvalue weighted by atomic mass is 10.0. The summed E-state index contributed by atoms with van der Waals surface area (Å²) in [5, 5.41) is 2.44. The number of esters is 1. The minimum atomic E-state index is -3.98. The Labute approximate surface area is 180 Å². The van der Waals surface area contributed by atoms with Crippen molar-refractivity contribution < 1.29 is 27.6 Å². The van der Waals surface area contributed by atoms with Crippen molar-refractivity contribution in [3.05, 3.63) is 40.6 Å². The van der Waals surface area contributed by atoms with E-state index in [1.165, 1.54) is 36.0 Å². The Balaban J connectivity index is 2.43. The van der Waals surface area contributed by atoms with Gasteiger partial charge < -0.3 is 14.6 Å². The number of nitrogens with one attached hydrogen (secondary N) is 1. The molecule has 0 spiro atoms. The highest BCUT2D eigenvalue weighted by Gasteiger charge is 2.41. The standard InChI is InChI=1S/C18H18Cl2F2N2O4S/c1-3-27-17(26)12(8-9-29-2)23-16(25)13-14(10-4-6-11(19)7-5-10)24-28-15(13)18(20,21)22/h4-7,12H,3,8-9H2,1-2H3,(H,23,25)/t12-/m0/s1. The summed E-state index contributed by atoms with van der Waals surface area (Å²) in [7, 11) is 0. The average Bonchev–Trinajstić information content (AvgIpc) is 3.11. The number of carbonyl (C=O) groups is 2. The van der Waals surface area contributed by atoms with Gasteiger partial charge in [0.25, 0.3) is 5.91 Å². The summed E-state index contributed by atoms with van der Waals surface area (Å²) in [6, 6.07) is 4.96. The fraction of sp³-hybridized carbons (Fsp3) is 0.389. The molecule has 0 bridgehead atoms. The van der Waals surface area contributed by atoms with Crippen LogP contribution in [0.2, 0.25) is 5.02 Å². The molecule has 11 heteroatoms. The second kappa shape index (κ2) is 10.3. The molecule has 1 aromatic carbocycles. The van der Waals surface area contributed by atoms with Gasteiger partial charge in [0.1, 0.15) is 17.3 Å². The summed E-state index contributed by atoms with van der Waals surface area (Å²) in [5.41, 5.74) is -0.403. The van der Waals surface area contributed by atoms with Gasteiger partial charge in [0.05, 0.1) is 6.61 Å². The second-order valence-corrected chi connectivity index (χ2v) is 7.70. The maximum Gasteiger partial charge on any atom is 0.383 e. The summed E-state index contributed by atoms with van der Waals surface area (Å²) in [6.45, 7) is 1.73. The van der Waals surface area contributed by atoms with Gasteiger partial charge in [0, 0.05) is 10.6 Å². The molecule has 0 unspecified atom stereocenters. The minimum Gasteiger partial charge on any atom is -0.464 e. The Morgan fingerprint density at radius 1 is 1.34 bits per heavy atom. The molecule has 1 heterocycles. The predicted molar refractivity (Wildman–Crippen MR) is 108 cm³/mol.